The normalized spacial score (nSPS) is 41.5. The highest BCUT2D eigenvalue weighted by molar-refractivity contribution is 9.10. The first-order valence-electron chi connectivity index (χ1n) is 7.54. The summed E-state index contributed by atoms with van der Waals surface area (Å²) in [7, 11) is 0. The van der Waals surface area contributed by atoms with Gasteiger partial charge in [0.25, 0.3) is 0 Å². The summed E-state index contributed by atoms with van der Waals surface area (Å²) in [4.78, 5) is 0. The van der Waals surface area contributed by atoms with Crippen LogP contribution < -0.4 is 0 Å². The second kappa shape index (κ2) is 4.49. The van der Waals surface area contributed by atoms with Crippen molar-refractivity contribution in [1.82, 2.24) is 0 Å². The predicted octanol–water partition coefficient (Wildman–Crippen LogP) is 5.95. The monoisotopic (exact) mass is 338 g/mol. The quantitative estimate of drug-likeness (QED) is 0.584. The number of rotatable bonds is 2. The van der Waals surface area contributed by atoms with Crippen molar-refractivity contribution in [3.8, 4) is 0 Å². The van der Waals surface area contributed by atoms with Gasteiger partial charge < -0.3 is 0 Å². The average molecular weight is 340 g/mol. The topological polar surface area (TPSA) is 0 Å². The molecule has 4 saturated carbocycles. The molecule has 1 aromatic rings. The van der Waals surface area contributed by atoms with Gasteiger partial charge in [-0.2, -0.15) is 0 Å². The second-order valence-corrected chi connectivity index (χ2v) is 8.55. The highest BCUT2D eigenvalue weighted by atomic mass is 79.9. The number of hydrogen-bond donors (Lipinski definition) is 0. The van der Waals surface area contributed by atoms with Crippen LogP contribution in [0.15, 0.2) is 28.7 Å². The maximum Gasteiger partial charge on any atom is 0.0641 e. The van der Waals surface area contributed by atoms with E-state index in [0.717, 1.165) is 22.2 Å². The zero-order valence-corrected chi connectivity index (χ0v) is 13.5. The van der Waals surface area contributed by atoms with Gasteiger partial charge >= 0.3 is 0 Å². The van der Waals surface area contributed by atoms with E-state index in [0.29, 0.717) is 5.41 Å². The standard InChI is InChI=1S/C17H20BrCl/c18-15-3-1-14(2-4-15)16(19)17-8-11-5-12(9-17)7-13(6-11)10-17/h1-4,11-13,16H,5-10H2. The molecule has 5 rings (SSSR count). The highest BCUT2D eigenvalue weighted by Gasteiger charge is 2.54. The van der Waals surface area contributed by atoms with E-state index in [1.807, 2.05) is 0 Å². The molecule has 102 valence electrons. The molecule has 2 heteroatoms. The minimum Gasteiger partial charge on any atom is -0.117 e. The van der Waals surface area contributed by atoms with E-state index >= 15 is 0 Å². The largest absolute Gasteiger partial charge is 0.117 e. The summed E-state index contributed by atoms with van der Waals surface area (Å²) in [6.07, 6.45) is 8.60. The van der Waals surface area contributed by atoms with Gasteiger partial charge in [-0.1, -0.05) is 28.1 Å². The van der Waals surface area contributed by atoms with Crippen molar-refractivity contribution in [2.75, 3.05) is 0 Å². The van der Waals surface area contributed by atoms with Crippen LogP contribution in [-0.2, 0) is 0 Å². The molecule has 1 atom stereocenters. The fraction of sp³-hybridized carbons (Fsp3) is 0.647. The Balaban J connectivity index is 1.65. The third-order valence-corrected chi connectivity index (χ3v) is 7.03. The molecule has 0 spiro atoms. The molecule has 0 saturated heterocycles. The van der Waals surface area contributed by atoms with Gasteiger partial charge in [0.1, 0.15) is 0 Å². The van der Waals surface area contributed by atoms with Gasteiger partial charge in [-0.05, 0) is 79.4 Å². The second-order valence-electron chi connectivity index (χ2n) is 7.19. The third-order valence-electron chi connectivity index (χ3n) is 5.79. The van der Waals surface area contributed by atoms with Gasteiger partial charge in [-0.25, -0.2) is 0 Å². The SMILES string of the molecule is ClC(c1ccc(Br)cc1)C12CC3CC(CC(C3)C1)C2. The van der Waals surface area contributed by atoms with Crippen LogP contribution in [0.5, 0.6) is 0 Å². The summed E-state index contributed by atoms with van der Waals surface area (Å²) >= 11 is 10.5. The van der Waals surface area contributed by atoms with Crippen molar-refractivity contribution in [2.45, 2.75) is 43.9 Å². The van der Waals surface area contributed by atoms with E-state index in [-0.39, 0.29) is 5.38 Å². The van der Waals surface area contributed by atoms with E-state index in [1.165, 1.54) is 44.1 Å². The number of halogens is 2. The van der Waals surface area contributed by atoms with Crippen molar-refractivity contribution in [2.24, 2.45) is 23.2 Å². The van der Waals surface area contributed by atoms with Crippen molar-refractivity contribution in [3.05, 3.63) is 34.3 Å². The van der Waals surface area contributed by atoms with Gasteiger partial charge in [0, 0.05) is 4.47 Å². The smallest absolute Gasteiger partial charge is 0.0641 e. The first-order valence-corrected chi connectivity index (χ1v) is 8.77. The van der Waals surface area contributed by atoms with Crippen LogP contribution in [0.2, 0.25) is 0 Å². The molecule has 0 amide bonds. The van der Waals surface area contributed by atoms with E-state index in [1.54, 1.807) is 0 Å². The van der Waals surface area contributed by atoms with Crippen LogP contribution in [0.25, 0.3) is 0 Å². The van der Waals surface area contributed by atoms with Gasteiger partial charge in [0.2, 0.25) is 0 Å². The molecule has 1 unspecified atom stereocenters. The van der Waals surface area contributed by atoms with Crippen LogP contribution in [0, 0.1) is 23.2 Å². The molecule has 4 fully saturated rings. The Morgan fingerprint density at radius 2 is 1.42 bits per heavy atom. The summed E-state index contributed by atoms with van der Waals surface area (Å²) in [6.45, 7) is 0. The van der Waals surface area contributed by atoms with Gasteiger partial charge in [0.15, 0.2) is 0 Å². The molecular weight excluding hydrogens is 320 g/mol. The lowest BCUT2D eigenvalue weighted by molar-refractivity contribution is -0.0552. The summed E-state index contributed by atoms with van der Waals surface area (Å²) in [5.74, 6) is 2.92. The van der Waals surface area contributed by atoms with Gasteiger partial charge in [-0.15, -0.1) is 11.6 Å². The molecular formula is C17H20BrCl. The summed E-state index contributed by atoms with van der Waals surface area (Å²) < 4.78 is 1.14. The Morgan fingerprint density at radius 1 is 0.947 bits per heavy atom. The third kappa shape index (κ3) is 2.08. The lowest BCUT2D eigenvalue weighted by atomic mass is 9.48. The molecule has 4 bridgehead atoms. The molecule has 0 aliphatic heterocycles. The first kappa shape index (κ1) is 12.7. The Morgan fingerprint density at radius 3 is 1.89 bits per heavy atom. The fourth-order valence-electron chi connectivity index (χ4n) is 5.47. The fourth-order valence-corrected chi connectivity index (χ4v) is 6.15. The maximum atomic E-state index is 6.96. The van der Waals surface area contributed by atoms with Crippen LogP contribution in [0.3, 0.4) is 0 Å². The molecule has 0 N–H and O–H groups in total. The summed E-state index contributed by atoms with van der Waals surface area (Å²) in [5, 5.41) is 0.217. The average Bonchev–Trinajstić information content (AvgIpc) is 2.37. The van der Waals surface area contributed by atoms with Gasteiger partial charge in [0.05, 0.1) is 5.38 Å². The highest BCUT2D eigenvalue weighted by Crippen LogP contribution is 2.65. The molecule has 4 aliphatic rings. The first-order chi connectivity index (χ1) is 9.14. The van der Waals surface area contributed by atoms with Gasteiger partial charge in [-0.3, -0.25) is 0 Å². The van der Waals surface area contributed by atoms with Crippen molar-refractivity contribution < 1.29 is 0 Å². The predicted molar refractivity (Wildman–Crippen MR) is 83.3 cm³/mol. The summed E-state index contributed by atoms with van der Waals surface area (Å²) in [6, 6.07) is 8.68. The van der Waals surface area contributed by atoms with Crippen molar-refractivity contribution >= 4 is 27.5 Å². The van der Waals surface area contributed by atoms with E-state index < -0.39 is 0 Å². The molecule has 4 aliphatic carbocycles. The Labute approximate surface area is 129 Å². The van der Waals surface area contributed by atoms with Crippen molar-refractivity contribution in [1.29, 1.82) is 0 Å². The lowest BCUT2D eigenvalue weighted by Gasteiger charge is -2.58. The zero-order chi connectivity index (χ0) is 13.0. The summed E-state index contributed by atoms with van der Waals surface area (Å²) in [5.41, 5.74) is 1.73. The molecule has 0 radical (unpaired) electrons. The Hall–Kier alpha value is -0.0100. The number of hydrogen-bond acceptors (Lipinski definition) is 0. The van der Waals surface area contributed by atoms with Crippen LogP contribution in [0.1, 0.15) is 49.5 Å². The van der Waals surface area contributed by atoms with Crippen LogP contribution >= 0.6 is 27.5 Å². The number of benzene rings is 1. The molecule has 0 aromatic heterocycles. The van der Waals surface area contributed by atoms with Crippen LogP contribution in [-0.4, -0.2) is 0 Å². The van der Waals surface area contributed by atoms with E-state index in [4.69, 9.17) is 11.6 Å². The lowest BCUT2D eigenvalue weighted by Crippen LogP contribution is -2.47. The minimum absolute atomic E-state index is 0.217. The van der Waals surface area contributed by atoms with Crippen molar-refractivity contribution in [3.63, 3.8) is 0 Å². The molecule has 19 heavy (non-hydrogen) atoms. The Kier molecular flexibility index (Phi) is 3.01. The molecule has 0 heterocycles. The van der Waals surface area contributed by atoms with E-state index in [9.17, 15) is 0 Å². The maximum absolute atomic E-state index is 6.96. The molecule has 0 nitrogen and oxygen atoms in total. The zero-order valence-electron chi connectivity index (χ0n) is 11.1. The minimum atomic E-state index is 0.217. The van der Waals surface area contributed by atoms with E-state index in [2.05, 4.69) is 40.2 Å². The Bertz CT molecular complexity index is 443. The van der Waals surface area contributed by atoms with Crippen LogP contribution in [0.4, 0.5) is 0 Å². The molecule has 1 aromatic carbocycles. The number of alkyl halides is 1.